The first-order chi connectivity index (χ1) is 11.5. The number of nitrogens with one attached hydrogen (secondary N) is 2. The van der Waals surface area contributed by atoms with Crippen LogP contribution in [-0.2, 0) is 10.8 Å². The van der Waals surface area contributed by atoms with Gasteiger partial charge in [0.25, 0.3) is 5.91 Å². The van der Waals surface area contributed by atoms with Crippen LogP contribution in [0.1, 0.15) is 10.4 Å². The van der Waals surface area contributed by atoms with Gasteiger partial charge in [-0.25, -0.2) is 4.79 Å². The molecule has 3 rings (SSSR count). The van der Waals surface area contributed by atoms with Crippen molar-refractivity contribution in [3.8, 4) is 0 Å². The monoisotopic (exact) mass is 343 g/mol. The van der Waals surface area contributed by atoms with E-state index in [1.54, 1.807) is 59.7 Å². The zero-order chi connectivity index (χ0) is 17.1. The lowest BCUT2D eigenvalue weighted by Gasteiger charge is -2.14. The van der Waals surface area contributed by atoms with Gasteiger partial charge in [-0.15, -0.1) is 0 Å². The van der Waals surface area contributed by atoms with Crippen LogP contribution in [0.4, 0.5) is 16.2 Å². The second-order valence-electron chi connectivity index (χ2n) is 5.36. The van der Waals surface area contributed by atoms with Crippen LogP contribution in [0.25, 0.3) is 0 Å². The lowest BCUT2D eigenvalue weighted by Crippen LogP contribution is -2.27. The number of hydrogen-bond donors (Lipinski definition) is 2. The molecule has 24 heavy (non-hydrogen) atoms. The second kappa shape index (κ2) is 6.84. The highest BCUT2D eigenvalue weighted by Gasteiger charge is 2.20. The molecule has 3 amide bonds. The van der Waals surface area contributed by atoms with Crippen molar-refractivity contribution in [3.05, 3.63) is 54.1 Å². The molecule has 1 fully saturated rings. The third-order valence-electron chi connectivity index (χ3n) is 3.74. The van der Waals surface area contributed by atoms with Crippen LogP contribution < -0.4 is 15.5 Å². The second-order valence-corrected chi connectivity index (χ2v) is 6.74. The molecule has 1 aliphatic heterocycles. The molecule has 124 valence electrons. The Hall–Kier alpha value is -2.67. The standard InChI is InChI=1S/C17H17N3O3S/c1-24(23)15-8-2-12(3-9-15)16(21)19-13-4-6-14(7-5-13)20-11-10-18-17(20)22/h2-9H,10-11H2,1H3,(H,18,22)(H,19,21). The van der Waals surface area contributed by atoms with Gasteiger partial charge in [0.15, 0.2) is 0 Å². The van der Waals surface area contributed by atoms with Crippen LogP contribution >= 0.6 is 0 Å². The number of hydrogen-bond acceptors (Lipinski definition) is 3. The highest BCUT2D eigenvalue weighted by Crippen LogP contribution is 2.20. The SMILES string of the molecule is CS(=O)c1ccc(C(=O)Nc2ccc(N3CCNC3=O)cc2)cc1. The predicted molar refractivity (Wildman–Crippen MR) is 93.9 cm³/mol. The molecule has 2 aromatic rings. The minimum Gasteiger partial charge on any atom is -0.336 e. The van der Waals surface area contributed by atoms with Gasteiger partial charge in [0, 0.05) is 52.0 Å². The summed E-state index contributed by atoms with van der Waals surface area (Å²) in [6.07, 6.45) is 1.59. The number of amides is 3. The Bertz CT molecular complexity index is 788. The highest BCUT2D eigenvalue weighted by molar-refractivity contribution is 7.84. The Morgan fingerprint density at radius 3 is 2.33 bits per heavy atom. The van der Waals surface area contributed by atoms with Crippen LogP contribution in [0.15, 0.2) is 53.4 Å². The molecule has 0 spiro atoms. The van der Waals surface area contributed by atoms with Crippen molar-refractivity contribution in [2.75, 3.05) is 29.6 Å². The molecule has 1 atom stereocenters. The Kier molecular flexibility index (Phi) is 4.61. The number of anilines is 2. The molecule has 1 aliphatic rings. The summed E-state index contributed by atoms with van der Waals surface area (Å²) in [4.78, 5) is 26.2. The Morgan fingerprint density at radius 1 is 1.12 bits per heavy atom. The Morgan fingerprint density at radius 2 is 1.79 bits per heavy atom. The van der Waals surface area contributed by atoms with Gasteiger partial charge in [0.2, 0.25) is 0 Å². The number of carbonyl (C=O) groups excluding carboxylic acids is 2. The van der Waals surface area contributed by atoms with E-state index in [0.29, 0.717) is 29.2 Å². The number of urea groups is 1. The van der Waals surface area contributed by atoms with Crippen LogP contribution in [0.5, 0.6) is 0 Å². The van der Waals surface area contributed by atoms with E-state index >= 15 is 0 Å². The number of rotatable bonds is 4. The molecule has 0 radical (unpaired) electrons. The summed E-state index contributed by atoms with van der Waals surface area (Å²) >= 11 is 0. The Labute approximate surface area is 142 Å². The summed E-state index contributed by atoms with van der Waals surface area (Å²) in [6, 6.07) is 13.7. The minimum absolute atomic E-state index is 0.111. The molecule has 1 heterocycles. The molecule has 1 saturated heterocycles. The average Bonchev–Trinajstić information content (AvgIpc) is 3.01. The van der Waals surface area contributed by atoms with Gasteiger partial charge in [-0.3, -0.25) is 13.9 Å². The van der Waals surface area contributed by atoms with Gasteiger partial charge in [0.05, 0.1) is 0 Å². The van der Waals surface area contributed by atoms with Crippen molar-refractivity contribution in [1.29, 1.82) is 0 Å². The maximum Gasteiger partial charge on any atom is 0.321 e. The van der Waals surface area contributed by atoms with Crippen molar-refractivity contribution >= 4 is 34.1 Å². The van der Waals surface area contributed by atoms with E-state index in [-0.39, 0.29) is 11.9 Å². The number of carbonyl (C=O) groups is 2. The molecule has 6 nitrogen and oxygen atoms in total. The average molecular weight is 343 g/mol. The zero-order valence-electron chi connectivity index (χ0n) is 13.1. The lowest BCUT2D eigenvalue weighted by atomic mass is 10.2. The van der Waals surface area contributed by atoms with E-state index in [9.17, 15) is 13.8 Å². The van der Waals surface area contributed by atoms with Gasteiger partial charge in [-0.1, -0.05) is 0 Å². The van der Waals surface area contributed by atoms with Gasteiger partial charge in [-0.05, 0) is 48.5 Å². The van der Waals surface area contributed by atoms with E-state index < -0.39 is 10.8 Å². The molecule has 0 aliphatic carbocycles. The largest absolute Gasteiger partial charge is 0.336 e. The van der Waals surface area contributed by atoms with Crippen LogP contribution in [0.2, 0.25) is 0 Å². The molecular formula is C17H17N3O3S. The van der Waals surface area contributed by atoms with Crippen molar-refractivity contribution in [3.63, 3.8) is 0 Å². The topological polar surface area (TPSA) is 78.5 Å². The summed E-state index contributed by atoms with van der Waals surface area (Å²) in [5, 5.41) is 5.55. The van der Waals surface area contributed by atoms with Crippen molar-refractivity contribution in [2.24, 2.45) is 0 Å². The first-order valence-electron chi connectivity index (χ1n) is 7.45. The fourth-order valence-electron chi connectivity index (χ4n) is 2.44. The molecule has 1 unspecified atom stereocenters. The highest BCUT2D eigenvalue weighted by atomic mass is 32.2. The van der Waals surface area contributed by atoms with E-state index in [1.807, 2.05) is 0 Å². The lowest BCUT2D eigenvalue weighted by molar-refractivity contribution is 0.102. The quantitative estimate of drug-likeness (QED) is 0.893. The number of nitrogens with zero attached hydrogens (tertiary/aromatic N) is 1. The zero-order valence-corrected chi connectivity index (χ0v) is 13.9. The van der Waals surface area contributed by atoms with Crippen molar-refractivity contribution in [1.82, 2.24) is 5.32 Å². The van der Waals surface area contributed by atoms with Crippen LogP contribution in [-0.4, -0.2) is 35.5 Å². The maximum atomic E-state index is 12.2. The summed E-state index contributed by atoms with van der Waals surface area (Å²) in [6.45, 7) is 1.27. The van der Waals surface area contributed by atoms with Crippen molar-refractivity contribution in [2.45, 2.75) is 4.90 Å². The van der Waals surface area contributed by atoms with Gasteiger partial charge < -0.3 is 10.6 Å². The van der Waals surface area contributed by atoms with Gasteiger partial charge in [-0.2, -0.15) is 0 Å². The molecule has 7 heteroatoms. The molecule has 2 aromatic carbocycles. The van der Waals surface area contributed by atoms with E-state index in [0.717, 1.165) is 5.69 Å². The predicted octanol–water partition coefficient (Wildman–Crippen LogP) is 2.21. The molecular weight excluding hydrogens is 326 g/mol. The van der Waals surface area contributed by atoms with Crippen LogP contribution in [0.3, 0.4) is 0 Å². The molecule has 0 aromatic heterocycles. The fraction of sp³-hybridized carbons (Fsp3) is 0.176. The van der Waals surface area contributed by atoms with Gasteiger partial charge >= 0.3 is 6.03 Å². The van der Waals surface area contributed by atoms with Gasteiger partial charge in [0.1, 0.15) is 0 Å². The molecule has 0 bridgehead atoms. The van der Waals surface area contributed by atoms with E-state index in [2.05, 4.69) is 10.6 Å². The smallest absolute Gasteiger partial charge is 0.321 e. The van der Waals surface area contributed by atoms with E-state index in [4.69, 9.17) is 0 Å². The van der Waals surface area contributed by atoms with Crippen LogP contribution in [0, 0.1) is 0 Å². The first-order valence-corrected chi connectivity index (χ1v) is 9.01. The summed E-state index contributed by atoms with van der Waals surface area (Å²) in [5.41, 5.74) is 1.93. The maximum absolute atomic E-state index is 12.2. The Balaban J connectivity index is 1.68. The first kappa shape index (κ1) is 16.2. The number of benzene rings is 2. The third-order valence-corrected chi connectivity index (χ3v) is 4.68. The summed E-state index contributed by atoms with van der Waals surface area (Å²) in [7, 11) is -1.06. The summed E-state index contributed by atoms with van der Waals surface area (Å²) < 4.78 is 11.4. The minimum atomic E-state index is -1.06. The van der Waals surface area contributed by atoms with Crippen molar-refractivity contribution < 1.29 is 13.8 Å². The fourth-order valence-corrected chi connectivity index (χ4v) is 2.96. The van der Waals surface area contributed by atoms with E-state index in [1.165, 1.54) is 0 Å². The molecule has 2 N–H and O–H groups in total. The molecule has 0 saturated carbocycles. The summed E-state index contributed by atoms with van der Waals surface area (Å²) in [5.74, 6) is -0.241. The normalized spacial score (nSPS) is 15.0. The third kappa shape index (κ3) is 3.46.